The molecule has 8 heteroatoms. The van der Waals surface area contributed by atoms with Gasteiger partial charge in [0.1, 0.15) is 0 Å². The number of nitrogens with two attached hydrogens (primary N) is 1. The molecule has 4 unspecified atom stereocenters. The summed E-state index contributed by atoms with van der Waals surface area (Å²) in [5, 5.41) is 9.22. The Labute approximate surface area is 108 Å². The van der Waals surface area contributed by atoms with E-state index < -0.39 is 22.4 Å². The van der Waals surface area contributed by atoms with Gasteiger partial charge in [0.15, 0.2) is 0 Å². The Morgan fingerprint density at radius 2 is 1.94 bits per heavy atom. The number of nitrogens with one attached hydrogen (secondary N) is 1. The van der Waals surface area contributed by atoms with Crippen molar-refractivity contribution in [2.24, 2.45) is 5.73 Å². The fourth-order valence-corrected chi connectivity index (χ4v) is 3.19. The predicted octanol–water partition coefficient (Wildman–Crippen LogP) is -1.36. The molecule has 0 spiro atoms. The summed E-state index contributed by atoms with van der Waals surface area (Å²) in [6, 6.07) is -0.615. The SMILES string of the molecule is CC1CN(S(=O)(=O)NCC(N)C(C)O)CC(C)O1. The summed E-state index contributed by atoms with van der Waals surface area (Å²) >= 11 is 0. The lowest BCUT2D eigenvalue weighted by Crippen LogP contribution is -2.54. The van der Waals surface area contributed by atoms with Crippen molar-refractivity contribution in [3.63, 3.8) is 0 Å². The molecule has 108 valence electrons. The first-order chi connectivity index (χ1) is 8.22. The van der Waals surface area contributed by atoms with Gasteiger partial charge in [0.25, 0.3) is 10.2 Å². The van der Waals surface area contributed by atoms with Crippen molar-refractivity contribution in [1.82, 2.24) is 9.03 Å². The van der Waals surface area contributed by atoms with Crippen LogP contribution in [0.1, 0.15) is 20.8 Å². The van der Waals surface area contributed by atoms with Crippen LogP contribution in [0.2, 0.25) is 0 Å². The highest BCUT2D eigenvalue weighted by Crippen LogP contribution is 2.13. The average Bonchev–Trinajstić information content (AvgIpc) is 2.24. The fraction of sp³-hybridized carbons (Fsp3) is 1.00. The first-order valence-electron chi connectivity index (χ1n) is 6.06. The van der Waals surface area contributed by atoms with Crippen molar-refractivity contribution >= 4 is 10.2 Å². The van der Waals surface area contributed by atoms with Crippen molar-refractivity contribution < 1.29 is 18.3 Å². The summed E-state index contributed by atoms with van der Waals surface area (Å²) < 4.78 is 33.3. The van der Waals surface area contributed by atoms with Gasteiger partial charge in [0.2, 0.25) is 0 Å². The van der Waals surface area contributed by atoms with E-state index in [1.54, 1.807) is 0 Å². The molecule has 18 heavy (non-hydrogen) atoms. The smallest absolute Gasteiger partial charge is 0.279 e. The number of aliphatic hydroxyl groups excluding tert-OH is 1. The molecule has 1 saturated heterocycles. The zero-order valence-electron chi connectivity index (χ0n) is 11.0. The number of rotatable bonds is 5. The van der Waals surface area contributed by atoms with Gasteiger partial charge < -0.3 is 15.6 Å². The second-order valence-electron chi connectivity index (χ2n) is 4.83. The molecule has 1 aliphatic heterocycles. The van der Waals surface area contributed by atoms with Crippen molar-refractivity contribution in [2.75, 3.05) is 19.6 Å². The van der Waals surface area contributed by atoms with Crippen molar-refractivity contribution in [2.45, 2.75) is 45.1 Å². The van der Waals surface area contributed by atoms with Gasteiger partial charge in [-0.3, -0.25) is 0 Å². The molecule has 1 rings (SSSR count). The average molecular weight is 281 g/mol. The summed E-state index contributed by atoms with van der Waals surface area (Å²) in [4.78, 5) is 0. The Morgan fingerprint density at radius 3 is 2.39 bits per heavy atom. The van der Waals surface area contributed by atoms with E-state index >= 15 is 0 Å². The quantitative estimate of drug-likeness (QED) is 0.577. The summed E-state index contributed by atoms with van der Waals surface area (Å²) in [5.74, 6) is 0. The summed E-state index contributed by atoms with van der Waals surface area (Å²) in [7, 11) is -3.57. The van der Waals surface area contributed by atoms with E-state index in [0.29, 0.717) is 13.1 Å². The van der Waals surface area contributed by atoms with Crippen molar-refractivity contribution in [3.8, 4) is 0 Å². The van der Waals surface area contributed by atoms with Gasteiger partial charge in [-0.05, 0) is 20.8 Å². The molecule has 1 heterocycles. The van der Waals surface area contributed by atoms with Gasteiger partial charge in [-0.1, -0.05) is 0 Å². The maximum Gasteiger partial charge on any atom is 0.279 e. The highest BCUT2D eigenvalue weighted by atomic mass is 32.2. The minimum absolute atomic E-state index is 0.0140. The molecular weight excluding hydrogens is 258 g/mol. The van der Waals surface area contributed by atoms with Crippen LogP contribution in [0.15, 0.2) is 0 Å². The van der Waals surface area contributed by atoms with E-state index in [1.807, 2.05) is 13.8 Å². The Bertz CT molecular complexity index is 350. The Morgan fingerprint density at radius 1 is 1.44 bits per heavy atom. The molecule has 0 amide bonds. The number of nitrogens with zero attached hydrogens (tertiary/aromatic N) is 1. The van der Waals surface area contributed by atoms with E-state index in [9.17, 15) is 13.5 Å². The number of aliphatic hydroxyl groups is 1. The first-order valence-corrected chi connectivity index (χ1v) is 7.50. The van der Waals surface area contributed by atoms with E-state index in [4.69, 9.17) is 10.5 Å². The van der Waals surface area contributed by atoms with E-state index in [0.717, 1.165) is 0 Å². The summed E-state index contributed by atoms with van der Waals surface area (Å²) in [5.41, 5.74) is 5.59. The van der Waals surface area contributed by atoms with Gasteiger partial charge in [-0.15, -0.1) is 0 Å². The number of ether oxygens (including phenoxy) is 1. The number of hydrogen-bond donors (Lipinski definition) is 3. The minimum atomic E-state index is -3.57. The van der Waals surface area contributed by atoms with E-state index in [2.05, 4.69) is 4.72 Å². The van der Waals surface area contributed by atoms with Gasteiger partial charge in [0.05, 0.1) is 18.3 Å². The molecule has 0 saturated carbocycles. The molecule has 0 bridgehead atoms. The fourth-order valence-electron chi connectivity index (χ4n) is 1.79. The molecule has 7 nitrogen and oxygen atoms in total. The molecule has 0 radical (unpaired) electrons. The Hall–Kier alpha value is -0.250. The normalized spacial score (nSPS) is 30.1. The summed E-state index contributed by atoms with van der Waals surface area (Å²) in [6.07, 6.45) is -1.01. The molecule has 4 atom stereocenters. The van der Waals surface area contributed by atoms with Crippen molar-refractivity contribution in [3.05, 3.63) is 0 Å². The third-order valence-electron chi connectivity index (χ3n) is 2.85. The molecular formula is C10H23N3O4S. The zero-order valence-corrected chi connectivity index (χ0v) is 11.9. The first kappa shape index (κ1) is 15.8. The molecule has 1 fully saturated rings. The second-order valence-corrected chi connectivity index (χ2v) is 6.59. The molecule has 0 aromatic carbocycles. The van der Waals surface area contributed by atoms with Crippen LogP contribution >= 0.6 is 0 Å². The summed E-state index contributed by atoms with van der Waals surface area (Å²) in [6.45, 7) is 5.85. The maximum atomic E-state index is 12.0. The second kappa shape index (κ2) is 6.27. The van der Waals surface area contributed by atoms with Gasteiger partial charge >= 0.3 is 0 Å². The van der Waals surface area contributed by atoms with Crippen LogP contribution in [0, 0.1) is 0 Å². The van der Waals surface area contributed by atoms with Gasteiger partial charge in [-0.2, -0.15) is 12.7 Å². The number of morpholine rings is 1. The van der Waals surface area contributed by atoms with Crippen LogP contribution in [0.4, 0.5) is 0 Å². The van der Waals surface area contributed by atoms with Gasteiger partial charge in [0, 0.05) is 25.7 Å². The molecule has 0 aliphatic carbocycles. The molecule has 1 aliphatic rings. The van der Waals surface area contributed by atoms with Gasteiger partial charge in [-0.25, -0.2) is 4.72 Å². The molecule has 0 aromatic rings. The molecule has 4 N–H and O–H groups in total. The lowest BCUT2D eigenvalue weighted by molar-refractivity contribution is -0.0444. The number of hydrogen-bond acceptors (Lipinski definition) is 5. The van der Waals surface area contributed by atoms with Crippen LogP contribution in [-0.4, -0.2) is 61.8 Å². The van der Waals surface area contributed by atoms with E-state index in [1.165, 1.54) is 11.2 Å². The standard InChI is InChI=1S/C10H23N3O4S/c1-7-5-13(6-8(2)17-7)18(15,16)12-4-10(11)9(3)14/h7-10,12,14H,4-6,11H2,1-3H3. The molecule has 0 aromatic heterocycles. The minimum Gasteiger partial charge on any atom is -0.392 e. The Balaban J connectivity index is 2.57. The highest BCUT2D eigenvalue weighted by molar-refractivity contribution is 7.87. The maximum absolute atomic E-state index is 12.0. The topological polar surface area (TPSA) is 105 Å². The van der Waals surface area contributed by atoms with E-state index in [-0.39, 0.29) is 18.8 Å². The lowest BCUT2D eigenvalue weighted by Gasteiger charge is -2.34. The van der Waals surface area contributed by atoms with Crippen LogP contribution in [-0.2, 0) is 14.9 Å². The zero-order chi connectivity index (χ0) is 13.9. The van der Waals surface area contributed by atoms with Crippen LogP contribution < -0.4 is 10.5 Å². The lowest BCUT2D eigenvalue weighted by atomic mass is 10.2. The monoisotopic (exact) mass is 281 g/mol. The predicted molar refractivity (Wildman–Crippen MR) is 68.2 cm³/mol. The Kier molecular flexibility index (Phi) is 5.50. The van der Waals surface area contributed by atoms with Crippen LogP contribution in [0.5, 0.6) is 0 Å². The highest BCUT2D eigenvalue weighted by Gasteiger charge is 2.31. The third-order valence-corrected chi connectivity index (χ3v) is 4.36. The van der Waals surface area contributed by atoms with Crippen LogP contribution in [0.3, 0.4) is 0 Å². The van der Waals surface area contributed by atoms with Crippen molar-refractivity contribution in [1.29, 1.82) is 0 Å². The van der Waals surface area contributed by atoms with Crippen LogP contribution in [0.25, 0.3) is 0 Å². The largest absolute Gasteiger partial charge is 0.392 e. The third kappa shape index (κ3) is 4.45.